The van der Waals surface area contributed by atoms with Gasteiger partial charge in [-0.25, -0.2) is 0 Å². The molecule has 4 nitrogen and oxygen atoms in total. The van der Waals surface area contributed by atoms with Crippen LogP contribution in [0.2, 0.25) is 13.1 Å². The van der Waals surface area contributed by atoms with Crippen LogP contribution < -0.4 is 5.32 Å². The average Bonchev–Trinajstić information content (AvgIpc) is 2.47. The quantitative estimate of drug-likeness (QED) is 0.486. The maximum Gasteiger partial charge on any atom is 0.234 e. The Morgan fingerprint density at radius 1 is 1.30 bits per heavy atom. The zero-order valence-corrected chi connectivity index (χ0v) is 16.5. The number of hydrogen-bond donors (Lipinski definition) is 1. The highest BCUT2D eigenvalue weighted by molar-refractivity contribution is 7.92. The zero-order chi connectivity index (χ0) is 17.2. The Balaban J connectivity index is 2.18. The fourth-order valence-corrected chi connectivity index (χ4v) is 4.95. The third-order valence-corrected chi connectivity index (χ3v) is 6.74. The van der Waals surface area contributed by atoms with E-state index < -0.39 is 20.2 Å². The fraction of sp³-hybridized carbons (Fsp3) is 0.588. The van der Waals surface area contributed by atoms with Gasteiger partial charge in [0.2, 0.25) is 11.3 Å². The van der Waals surface area contributed by atoms with Crippen molar-refractivity contribution in [3.05, 3.63) is 30.3 Å². The standard InChI is InChI=1S/C17H27NO3SSi/c1-17(2,3)13(11-21-23(4)5)14-15(19)18-16(14)22(20)12-9-7-6-8-10-12/h6-10,13-14,16,23H,11H2,1-5H3,(H,18,19)/t13-,14+,16-,22?/m1/s1. The molecule has 0 aromatic heterocycles. The molecular formula is C17H27NO3SSi. The second-order valence-electron chi connectivity index (χ2n) is 7.42. The van der Waals surface area contributed by atoms with Crippen molar-refractivity contribution >= 4 is 26.1 Å². The van der Waals surface area contributed by atoms with Gasteiger partial charge in [-0.05, 0) is 30.6 Å². The van der Waals surface area contributed by atoms with Gasteiger partial charge >= 0.3 is 0 Å². The first-order valence-electron chi connectivity index (χ1n) is 8.09. The molecule has 1 aromatic rings. The molecule has 1 fully saturated rings. The Bertz CT molecular complexity index is 532. The van der Waals surface area contributed by atoms with E-state index in [0.29, 0.717) is 6.61 Å². The van der Waals surface area contributed by atoms with E-state index in [0.717, 1.165) is 4.90 Å². The summed E-state index contributed by atoms with van der Waals surface area (Å²) >= 11 is -1.24. The molecule has 0 saturated carbocycles. The van der Waals surface area contributed by atoms with Crippen molar-refractivity contribution in [2.75, 3.05) is 6.61 Å². The SMILES string of the molecule is C[SiH](C)OC[C@H]([C@H]1C(=O)N[C@@H]1[S+]([O-])c1ccccc1)C(C)(C)C. The molecule has 6 heteroatoms. The van der Waals surface area contributed by atoms with Gasteiger partial charge < -0.3 is 14.3 Å². The zero-order valence-electron chi connectivity index (χ0n) is 14.5. The van der Waals surface area contributed by atoms with Crippen LogP contribution in [-0.2, 0) is 20.4 Å². The summed E-state index contributed by atoms with van der Waals surface area (Å²) < 4.78 is 18.7. The van der Waals surface area contributed by atoms with Gasteiger partial charge in [0.15, 0.2) is 13.9 Å². The first-order valence-corrected chi connectivity index (χ1v) is 12.1. The van der Waals surface area contributed by atoms with Crippen LogP contribution in [0.1, 0.15) is 20.8 Å². The minimum atomic E-state index is -1.24. The van der Waals surface area contributed by atoms with Crippen molar-refractivity contribution in [1.82, 2.24) is 5.32 Å². The van der Waals surface area contributed by atoms with Crippen molar-refractivity contribution in [3.63, 3.8) is 0 Å². The molecule has 1 N–H and O–H groups in total. The molecule has 2 rings (SSSR count). The van der Waals surface area contributed by atoms with Crippen LogP contribution in [-0.4, -0.2) is 31.5 Å². The van der Waals surface area contributed by atoms with E-state index in [4.69, 9.17) is 4.43 Å². The van der Waals surface area contributed by atoms with Crippen LogP contribution in [0, 0.1) is 17.3 Å². The third-order valence-electron chi connectivity index (χ3n) is 4.27. The van der Waals surface area contributed by atoms with Crippen molar-refractivity contribution in [2.24, 2.45) is 17.3 Å². The van der Waals surface area contributed by atoms with Crippen molar-refractivity contribution < 1.29 is 13.8 Å². The molecule has 1 aliphatic heterocycles. The van der Waals surface area contributed by atoms with E-state index in [1.165, 1.54) is 0 Å². The smallest absolute Gasteiger partial charge is 0.234 e. The minimum absolute atomic E-state index is 0.00627. The van der Waals surface area contributed by atoms with Gasteiger partial charge in [0.25, 0.3) is 0 Å². The van der Waals surface area contributed by atoms with E-state index in [9.17, 15) is 9.35 Å². The van der Waals surface area contributed by atoms with Gasteiger partial charge in [-0.15, -0.1) is 0 Å². The second kappa shape index (κ2) is 7.38. The lowest BCUT2D eigenvalue weighted by molar-refractivity contribution is -0.138. The number of rotatable bonds is 6. The molecule has 1 amide bonds. The number of carbonyl (C=O) groups excluding carboxylic acids is 1. The molecule has 4 atom stereocenters. The maximum atomic E-state index is 12.8. The Kier molecular flexibility index (Phi) is 5.94. The number of amides is 1. The third kappa shape index (κ3) is 4.38. The van der Waals surface area contributed by atoms with E-state index in [1.54, 1.807) is 0 Å². The first-order chi connectivity index (χ1) is 10.7. The highest BCUT2D eigenvalue weighted by Crippen LogP contribution is 2.40. The summed E-state index contributed by atoms with van der Waals surface area (Å²) in [6.45, 7) is 11.2. The van der Waals surface area contributed by atoms with Crippen molar-refractivity contribution in [2.45, 2.75) is 44.1 Å². The highest BCUT2D eigenvalue weighted by atomic mass is 32.2. The van der Waals surface area contributed by atoms with Crippen LogP contribution >= 0.6 is 0 Å². The number of benzene rings is 1. The molecule has 1 saturated heterocycles. The van der Waals surface area contributed by atoms with E-state index in [1.807, 2.05) is 30.3 Å². The van der Waals surface area contributed by atoms with Crippen LogP contribution in [0.5, 0.6) is 0 Å². The van der Waals surface area contributed by atoms with Crippen LogP contribution in [0.3, 0.4) is 0 Å². The molecule has 23 heavy (non-hydrogen) atoms. The van der Waals surface area contributed by atoms with Gasteiger partial charge in [0.05, 0.1) is 0 Å². The van der Waals surface area contributed by atoms with Crippen LogP contribution in [0.25, 0.3) is 0 Å². The molecule has 1 aromatic carbocycles. The number of β-lactam (4-membered cyclic amide) rings is 1. The molecule has 0 spiro atoms. The molecule has 0 aliphatic carbocycles. The summed E-state index contributed by atoms with van der Waals surface area (Å²) in [6.07, 6.45) is 0. The Hall–Kier alpha value is -0.823. The summed E-state index contributed by atoms with van der Waals surface area (Å²) in [5, 5.41) is 2.52. The Labute approximate surface area is 143 Å². The van der Waals surface area contributed by atoms with Gasteiger partial charge in [-0.3, -0.25) is 4.79 Å². The van der Waals surface area contributed by atoms with E-state index in [2.05, 4.69) is 39.2 Å². The predicted molar refractivity (Wildman–Crippen MR) is 96.0 cm³/mol. The number of carbonyl (C=O) groups is 1. The van der Waals surface area contributed by atoms with Crippen LogP contribution in [0.15, 0.2) is 35.2 Å². The van der Waals surface area contributed by atoms with E-state index >= 15 is 0 Å². The van der Waals surface area contributed by atoms with E-state index in [-0.39, 0.29) is 28.5 Å². The Morgan fingerprint density at radius 3 is 2.39 bits per heavy atom. The van der Waals surface area contributed by atoms with Gasteiger partial charge in [-0.1, -0.05) is 39.0 Å². The molecule has 1 heterocycles. The largest absolute Gasteiger partial charge is 0.610 e. The summed E-state index contributed by atoms with van der Waals surface area (Å²) in [5.41, 5.74) is -0.0785. The molecule has 0 bridgehead atoms. The molecule has 0 radical (unpaired) electrons. The van der Waals surface area contributed by atoms with Crippen molar-refractivity contribution in [1.29, 1.82) is 0 Å². The summed E-state index contributed by atoms with van der Waals surface area (Å²) in [6, 6.07) is 9.34. The monoisotopic (exact) mass is 353 g/mol. The lowest BCUT2D eigenvalue weighted by Crippen LogP contribution is -2.66. The predicted octanol–water partition coefficient (Wildman–Crippen LogP) is 2.53. The molecule has 1 unspecified atom stereocenters. The van der Waals surface area contributed by atoms with Crippen molar-refractivity contribution in [3.8, 4) is 0 Å². The van der Waals surface area contributed by atoms with Gasteiger partial charge in [0.1, 0.15) is 5.92 Å². The van der Waals surface area contributed by atoms with Gasteiger partial charge in [0, 0.05) is 23.7 Å². The molecule has 1 aliphatic rings. The summed E-state index contributed by atoms with van der Waals surface area (Å²) in [4.78, 5) is 13.0. The summed E-state index contributed by atoms with van der Waals surface area (Å²) in [5.74, 6) is -0.208. The second-order valence-corrected chi connectivity index (χ2v) is 11.4. The fourth-order valence-electron chi connectivity index (χ4n) is 2.84. The molecule has 128 valence electrons. The topological polar surface area (TPSA) is 61.4 Å². The number of nitrogens with one attached hydrogen (secondary N) is 1. The number of hydrogen-bond acceptors (Lipinski definition) is 3. The highest BCUT2D eigenvalue weighted by Gasteiger charge is 2.54. The van der Waals surface area contributed by atoms with Crippen LogP contribution in [0.4, 0.5) is 0 Å². The lowest BCUT2D eigenvalue weighted by atomic mass is 9.71. The first kappa shape index (κ1) is 18.5. The summed E-state index contributed by atoms with van der Waals surface area (Å²) in [7, 11) is -1.16. The lowest BCUT2D eigenvalue weighted by Gasteiger charge is -2.45. The maximum absolute atomic E-state index is 12.8. The Morgan fingerprint density at radius 2 is 1.91 bits per heavy atom. The minimum Gasteiger partial charge on any atom is -0.610 e. The average molecular weight is 354 g/mol. The van der Waals surface area contributed by atoms with Gasteiger partial charge in [-0.2, -0.15) is 0 Å². The normalized spacial score (nSPS) is 24.0. The molecular weight excluding hydrogens is 326 g/mol.